The molecule has 32 heavy (non-hydrogen) atoms. The van der Waals surface area contributed by atoms with Crippen LogP contribution in [0.3, 0.4) is 0 Å². The summed E-state index contributed by atoms with van der Waals surface area (Å²) in [6.07, 6.45) is 1.39. The average molecular weight is 463 g/mol. The molecule has 0 bridgehead atoms. The molecule has 2 heterocycles. The van der Waals surface area contributed by atoms with E-state index < -0.39 is 0 Å². The molecule has 1 aliphatic rings. The molecule has 2 aromatic rings. The molecule has 0 radical (unpaired) electrons. The topological polar surface area (TPSA) is 114 Å². The summed E-state index contributed by atoms with van der Waals surface area (Å²) < 4.78 is 10.8. The van der Waals surface area contributed by atoms with E-state index in [2.05, 4.69) is 15.8 Å². The SMILES string of the molecule is Cc1ccc2c(c1)C(=O)NCCN(C(=O)CCc1cc(Cl)no1)CCCC(=O)NCCO2. The van der Waals surface area contributed by atoms with Crippen LogP contribution < -0.4 is 15.4 Å². The van der Waals surface area contributed by atoms with Crippen molar-refractivity contribution in [2.24, 2.45) is 0 Å². The van der Waals surface area contributed by atoms with Gasteiger partial charge in [0.25, 0.3) is 5.91 Å². The Morgan fingerprint density at radius 3 is 2.81 bits per heavy atom. The van der Waals surface area contributed by atoms with Gasteiger partial charge in [-0.25, -0.2) is 0 Å². The Morgan fingerprint density at radius 1 is 1.19 bits per heavy atom. The van der Waals surface area contributed by atoms with Crippen LogP contribution in [0.2, 0.25) is 5.15 Å². The third kappa shape index (κ3) is 6.98. The molecule has 0 aliphatic carbocycles. The summed E-state index contributed by atoms with van der Waals surface area (Å²) in [7, 11) is 0. The van der Waals surface area contributed by atoms with E-state index in [0.717, 1.165) is 5.56 Å². The monoisotopic (exact) mass is 462 g/mol. The molecule has 0 saturated carbocycles. The van der Waals surface area contributed by atoms with Gasteiger partial charge in [0.2, 0.25) is 11.8 Å². The van der Waals surface area contributed by atoms with Crippen LogP contribution in [-0.2, 0) is 16.0 Å². The number of carbonyl (C=O) groups is 3. The third-order valence-corrected chi connectivity index (χ3v) is 5.21. The largest absolute Gasteiger partial charge is 0.491 e. The summed E-state index contributed by atoms with van der Waals surface area (Å²) in [5.41, 5.74) is 1.35. The van der Waals surface area contributed by atoms with Gasteiger partial charge in [-0.05, 0) is 25.5 Å². The Morgan fingerprint density at radius 2 is 2.03 bits per heavy atom. The second-order valence-electron chi connectivity index (χ2n) is 7.55. The Labute approximate surface area is 191 Å². The fraction of sp³-hybridized carbons (Fsp3) is 0.455. The minimum atomic E-state index is -0.272. The average Bonchev–Trinajstić information content (AvgIpc) is 3.19. The number of hydrogen-bond acceptors (Lipinski definition) is 6. The highest BCUT2D eigenvalue weighted by Gasteiger charge is 2.18. The number of nitrogens with one attached hydrogen (secondary N) is 2. The van der Waals surface area contributed by atoms with Crippen LogP contribution in [0.1, 0.15) is 40.9 Å². The molecule has 1 aliphatic heterocycles. The van der Waals surface area contributed by atoms with Crippen molar-refractivity contribution in [3.63, 3.8) is 0 Å². The molecule has 0 unspecified atom stereocenters. The minimum Gasteiger partial charge on any atom is -0.491 e. The van der Waals surface area contributed by atoms with Crippen molar-refractivity contribution in [3.8, 4) is 5.75 Å². The summed E-state index contributed by atoms with van der Waals surface area (Å²) >= 11 is 5.75. The number of amides is 3. The lowest BCUT2D eigenvalue weighted by molar-refractivity contribution is -0.131. The van der Waals surface area contributed by atoms with Crippen molar-refractivity contribution in [2.45, 2.75) is 32.6 Å². The first-order chi connectivity index (χ1) is 15.4. The Kier molecular flexibility index (Phi) is 8.49. The number of halogens is 1. The van der Waals surface area contributed by atoms with E-state index in [1.54, 1.807) is 23.1 Å². The lowest BCUT2D eigenvalue weighted by Gasteiger charge is -2.23. The Hall–Kier alpha value is -3.07. The number of fused-ring (bicyclic) bond motifs is 1. The molecule has 0 fully saturated rings. The summed E-state index contributed by atoms with van der Waals surface area (Å²) in [5.74, 6) is 0.505. The summed E-state index contributed by atoms with van der Waals surface area (Å²) in [4.78, 5) is 39.3. The molecule has 10 heteroatoms. The first-order valence-electron chi connectivity index (χ1n) is 10.6. The maximum absolute atomic E-state index is 12.8. The molecule has 9 nitrogen and oxygen atoms in total. The van der Waals surface area contributed by atoms with Gasteiger partial charge in [-0.3, -0.25) is 14.4 Å². The molecule has 0 atom stereocenters. The van der Waals surface area contributed by atoms with E-state index in [4.69, 9.17) is 20.9 Å². The number of benzene rings is 1. The third-order valence-electron chi connectivity index (χ3n) is 5.03. The quantitative estimate of drug-likeness (QED) is 0.722. The number of ether oxygens (including phenoxy) is 1. The zero-order chi connectivity index (χ0) is 22.9. The zero-order valence-electron chi connectivity index (χ0n) is 18.0. The van der Waals surface area contributed by atoms with Crippen LogP contribution in [0.5, 0.6) is 5.75 Å². The van der Waals surface area contributed by atoms with Crippen LogP contribution in [0.25, 0.3) is 0 Å². The van der Waals surface area contributed by atoms with Gasteiger partial charge in [0, 0.05) is 45.0 Å². The highest BCUT2D eigenvalue weighted by molar-refractivity contribution is 6.29. The number of rotatable bonds is 3. The molecule has 172 valence electrons. The smallest absolute Gasteiger partial charge is 0.255 e. The predicted octanol–water partition coefficient (Wildman–Crippen LogP) is 2.12. The Balaban J connectivity index is 1.67. The van der Waals surface area contributed by atoms with Gasteiger partial charge in [-0.1, -0.05) is 28.4 Å². The van der Waals surface area contributed by atoms with Crippen molar-refractivity contribution in [1.82, 2.24) is 20.7 Å². The van der Waals surface area contributed by atoms with Crippen LogP contribution >= 0.6 is 11.6 Å². The van der Waals surface area contributed by atoms with Gasteiger partial charge >= 0.3 is 0 Å². The van der Waals surface area contributed by atoms with Crippen molar-refractivity contribution in [3.05, 3.63) is 46.3 Å². The number of aryl methyl sites for hydroxylation is 2. The predicted molar refractivity (Wildman–Crippen MR) is 118 cm³/mol. The van der Waals surface area contributed by atoms with Gasteiger partial charge in [0.05, 0.1) is 12.1 Å². The molecule has 3 amide bonds. The first-order valence-corrected chi connectivity index (χ1v) is 11.0. The number of hydrogen-bond donors (Lipinski definition) is 2. The van der Waals surface area contributed by atoms with Crippen molar-refractivity contribution in [1.29, 1.82) is 0 Å². The number of nitrogens with zero attached hydrogens (tertiary/aromatic N) is 2. The number of aromatic nitrogens is 1. The second-order valence-corrected chi connectivity index (χ2v) is 7.94. The van der Waals surface area contributed by atoms with E-state index in [-0.39, 0.29) is 42.4 Å². The second kappa shape index (κ2) is 11.5. The van der Waals surface area contributed by atoms with Gasteiger partial charge in [0.1, 0.15) is 18.1 Å². The highest BCUT2D eigenvalue weighted by Crippen LogP contribution is 2.20. The van der Waals surface area contributed by atoms with Gasteiger partial charge in [-0.2, -0.15) is 0 Å². The molecular formula is C22H27ClN4O5. The standard InChI is InChI=1S/C22H27ClN4O5/c1-15-4-6-18-17(13-15)22(30)25-8-11-27(10-2-3-20(28)24-9-12-31-18)21(29)7-5-16-14-19(23)26-32-16/h4,6,13-14H,2-3,5,7-12H2,1H3,(H,24,28)(H,25,30). The fourth-order valence-corrected chi connectivity index (χ4v) is 3.53. The van der Waals surface area contributed by atoms with E-state index >= 15 is 0 Å². The summed E-state index contributed by atoms with van der Waals surface area (Å²) in [6.45, 7) is 3.49. The minimum absolute atomic E-state index is 0.101. The molecule has 2 N–H and O–H groups in total. The molecule has 1 aromatic heterocycles. The molecule has 0 saturated heterocycles. The van der Waals surface area contributed by atoms with Crippen molar-refractivity contribution < 1.29 is 23.6 Å². The summed E-state index contributed by atoms with van der Waals surface area (Å²) in [6, 6.07) is 6.94. The molecule has 1 aromatic carbocycles. The zero-order valence-corrected chi connectivity index (χ0v) is 18.7. The van der Waals surface area contributed by atoms with Crippen molar-refractivity contribution >= 4 is 29.3 Å². The maximum atomic E-state index is 12.8. The van der Waals surface area contributed by atoms with Crippen LogP contribution in [-0.4, -0.2) is 60.6 Å². The van der Waals surface area contributed by atoms with E-state index in [1.165, 1.54) is 0 Å². The van der Waals surface area contributed by atoms with E-state index in [9.17, 15) is 14.4 Å². The van der Waals surface area contributed by atoms with E-state index in [1.807, 2.05) is 13.0 Å². The lowest BCUT2D eigenvalue weighted by Crippen LogP contribution is -2.39. The normalized spacial score (nSPS) is 16.1. The lowest BCUT2D eigenvalue weighted by atomic mass is 10.1. The number of carbonyl (C=O) groups excluding carboxylic acids is 3. The van der Waals surface area contributed by atoms with Crippen LogP contribution in [0.15, 0.2) is 28.8 Å². The molecule has 3 rings (SSSR count). The summed E-state index contributed by atoms with van der Waals surface area (Å²) in [5, 5.41) is 9.51. The van der Waals surface area contributed by atoms with Crippen LogP contribution in [0.4, 0.5) is 0 Å². The van der Waals surface area contributed by atoms with Crippen molar-refractivity contribution in [2.75, 3.05) is 32.8 Å². The first kappa shape index (κ1) is 23.6. The fourth-order valence-electron chi connectivity index (χ4n) is 3.37. The van der Waals surface area contributed by atoms with Gasteiger partial charge in [-0.15, -0.1) is 0 Å². The molecular weight excluding hydrogens is 436 g/mol. The molecule has 0 spiro atoms. The van der Waals surface area contributed by atoms with E-state index in [0.29, 0.717) is 56.0 Å². The van der Waals surface area contributed by atoms with Crippen LogP contribution in [0, 0.1) is 6.92 Å². The maximum Gasteiger partial charge on any atom is 0.255 e. The highest BCUT2D eigenvalue weighted by atomic mass is 35.5. The van der Waals surface area contributed by atoms with Gasteiger partial charge in [0.15, 0.2) is 5.15 Å². The Bertz CT molecular complexity index is 962. The van der Waals surface area contributed by atoms with Gasteiger partial charge < -0.3 is 24.8 Å².